The van der Waals surface area contributed by atoms with Crippen LogP contribution >= 0.6 is 11.6 Å². The molecule has 0 fully saturated rings. The van der Waals surface area contributed by atoms with Crippen LogP contribution in [0, 0.1) is 0 Å². The maximum Gasteiger partial charge on any atom is 0.327 e. The van der Waals surface area contributed by atoms with Crippen molar-refractivity contribution in [2.75, 3.05) is 7.11 Å². The zero-order chi connectivity index (χ0) is 19.5. The maximum atomic E-state index is 6.52. The molecule has 0 aliphatic rings. The predicted molar refractivity (Wildman–Crippen MR) is 103 cm³/mol. The summed E-state index contributed by atoms with van der Waals surface area (Å²) in [6.07, 6.45) is 7.06. The number of hydrogen-bond acceptors (Lipinski definition) is 7. The normalized spacial score (nSPS) is 10.8. The molecule has 0 aromatic carbocycles. The van der Waals surface area contributed by atoms with Crippen LogP contribution in [0.5, 0.6) is 29.1 Å². The van der Waals surface area contributed by atoms with E-state index in [4.69, 9.17) is 25.8 Å². The van der Waals surface area contributed by atoms with Crippen LogP contribution in [-0.4, -0.2) is 32.0 Å². The van der Waals surface area contributed by atoms with E-state index in [0.29, 0.717) is 39.7 Å². The van der Waals surface area contributed by atoms with Crippen LogP contribution < -0.4 is 14.2 Å². The van der Waals surface area contributed by atoms with E-state index >= 15 is 0 Å². The third-order valence-corrected chi connectivity index (χ3v) is 4.36. The summed E-state index contributed by atoms with van der Waals surface area (Å²) >= 11 is 6.52. The van der Waals surface area contributed by atoms with Crippen molar-refractivity contribution in [3.8, 4) is 29.1 Å². The summed E-state index contributed by atoms with van der Waals surface area (Å²) in [4.78, 5) is 20.1. The Labute approximate surface area is 165 Å². The van der Waals surface area contributed by atoms with Crippen molar-refractivity contribution in [1.82, 2.24) is 24.9 Å². The zero-order valence-electron chi connectivity index (χ0n) is 15.1. The van der Waals surface area contributed by atoms with Gasteiger partial charge in [-0.15, -0.1) is 0 Å². The molecule has 0 aliphatic heterocycles. The number of aryl methyl sites for hydroxylation is 1. The fourth-order valence-electron chi connectivity index (χ4n) is 2.61. The average molecular weight is 398 g/mol. The van der Waals surface area contributed by atoms with E-state index in [1.54, 1.807) is 50.1 Å². The van der Waals surface area contributed by atoms with Gasteiger partial charge in [0.15, 0.2) is 5.75 Å². The van der Waals surface area contributed by atoms with Crippen molar-refractivity contribution in [2.24, 2.45) is 0 Å². The molecule has 4 heterocycles. The molecule has 0 bridgehead atoms. The number of halogens is 1. The van der Waals surface area contributed by atoms with Gasteiger partial charge in [0.25, 0.3) is 0 Å². The molecule has 0 radical (unpaired) electrons. The van der Waals surface area contributed by atoms with Gasteiger partial charge in [0, 0.05) is 18.0 Å². The first-order valence-corrected chi connectivity index (χ1v) is 8.88. The number of methoxy groups -OCH3 is 1. The maximum absolute atomic E-state index is 6.52. The van der Waals surface area contributed by atoms with Crippen molar-refractivity contribution in [2.45, 2.75) is 13.3 Å². The number of fused-ring (bicyclic) bond motifs is 1. The summed E-state index contributed by atoms with van der Waals surface area (Å²) in [6.45, 7) is 1.99. The van der Waals surface area contributed by atoms with E-state index in [9.17, 15) is 0 Å². The van der Waals surface area contributed by atoms with Crippen LogP contribution in [0.15, 0.2) is 43.0 Å². The monoisotopic (exact) mass is 397 g/mol. The van der Waals surface area contributed by atoms with E-state index in [1.165, 1.54) is 0 Å². The lowest BCUT2D eigenvalue weighted by Gasteiger charge is -2.09. The van der Waals surface area contributed by atoms with Gasteiger partial charge >= 0.3 is 6.01 Å². The molecule has 4 rings (SSSR count). The first-order valence-electron chi connectivity index (χ1n) is 8.50. The molecule has 142 valence electrons. The first-order chi connectivity index (χ1) is 13.7. The number of H-pyrrole nitrogens is 1. The second-order valence-corrected chi connectivity index (χ2v) is 6.14. The van der Waals surface area contributed by atoms with Crippen molar-refractivity contribution >= 4 is 22.6 Å². The SMILES string of the molecule is CCc1[nH]c2nc(Oc3cccnc3)nc(Oc3cncc(OC)c3)c2c1Cl. The van der Waals surface area contributed by atoms with Gasteiger partial charge in [-0.05, 0) is 18.6 Å². The van der Waals surface area contributed by atoms with Crippen LogP contribution in [0.2, 0.25) is 5.02 Å². The lowest BCUT2D eigenvalue weighted by molar-refractivity contribution is 0.399. The number of nitrogens with one attached hydrogen (secondary N) is 1. The molecule has 0 amide bonds. The molecule has 0 atom stereocenters. The second-order valence-electron chi connectivity index (χ2n) is 5.76. The predicted octanol–water partition coefficient (Wildman–Crippen LogP) is 4.56. The first kappa shape index (κ1) is 18.0. The van der Waals surface area contributed by atoms with Crippen molar-refractivity contribution < 1.29 is 14.2 Å². The summed E-state index contributed by atoms with van der Waals surface area (Å²) in [5.74, 6) is 1.76. The lowest BCUT2D eigenvalue weighted by atomic mass is 10.3. The van der Waals surface area contributed by atoms with Crippen LogP contribution in [0.3, 0.4) is 0 Å². The third kappa shape index (κ3) is 3.54. The number of aromatic nitrogens is 5. The Morgan fingerprint density at radius 2 is 1.86 bits per heavy atom. The number of pyridine rings is 2. The fourth-order valence-corrected chi connectivity index (χ4v) is 2.96. The molecule has 28 heavy (non-hydrogen) atoms. The molecule has 0 saturated carbocycles. The van der Waals surface area contributed by atoms with Gasteiger partial charge in [0.2, 0.25) is 5.88 Å². The highest BCUT2D eigenvalue weighted by Gasteiger charge is 2.19. The topological polar surface area (TPSA) is 95.0 Å². The summed E-state index contributed by atoms with van der Waals surface area (Å²) < 4.78 is 16.9. The molecule has 0 unspecified atom stereocenters. The molecule has 0 saturated heterocycles. The zero-order valence-corrected chi connectivity index (χ0v) is 15.9. The molecule has 4 aromatic heterocycles. The van der Waals surface area contributed by atoms with Gasteiger partial charge in [-0.1, -0.05) is 18.5 Å². The van der Waals surface area contributed by atoms with E-state index in [0.717, 1.165) is 5.69 Å². The van der Waals surface area contributed by atoms with Gasteiger partial charge in [-0.3, -0.25) is 9.97 Å². The van der Waals surface area contributed by atoms with Crippen molar-refractivity contribution in [3.63, 3.8) is 0 Å². The van der Waals surface area contributed by atoms with E-state index in [1.807, 2.05) is 6.92 Å². The van der Waals surface area contributed by atoms with E-state index < -0.39 is 0 Å². The summed E-state index contributed by atoms with van der Waals surface area (Å²) in [5.41, 5.74) is 1.35. The summed E-state index contributed by atoms with van der Waals surface area (Å²) in [7, 11) is 1.56. The van der Waals surface area contributed by atoms with Crippen LogP contribution in [0.4, 0.5) is 0 Å². The van der Waals surface area contributed by atoms with Crippen molar-refractivity contribution in [1.29, 1.82) is 0 Å². The largest absolute Gasteiger partial charge is 0.495 e. The minimum absolute atomic E-state index is 0.104. The number of hydrogen-bond donors (Lipinski definition) is 1. The summed E-state index contributed by atoms with van der Waals surface area (Å²) in [5, 5.41) is 1.08. The Morgan fingerprint density at radius 3 is 2.61 bits per heavy atom. The molecule has 1 N–H and O–H groups in total. The summed E-state index contributed by atoms with van der Waals surface area (Å²) in [6, 6.07) is 5.32. The van der Waals surface area contributed by atoms with Gasteiger partial charge in [-0.25, -0.2) is 0 Å². The van der Waals surface area contributed by atoms with E-state index in [2.05, 4.69) is 24.9 Å². The highest BCUT2D eigenvalue weighted by Crippen LogP contribution is 2.37. The lowest BCUT2D eigenvalue weighted by Crippen LogP contribution is -1.97. The smallest absolute Gasteiger partial charge is 0.327 e. The highest BCUT2D eigenvalue weighted by molar-refractivity contribution is 6.36. The quantitative estimate of drug-likeness (QED) is 0.509. The van der Waals surface area contributed by atoms with Gasteiger partial charge in [0.05, 0.1) is 30.7 Å². The van der Waals surface area contributed by atoms with Crippen LogP contribution in [0.25, 0.3) is 11.0 Å². The number of ether oxygens (including phenoxy) is 3. The van der Waals surface area contributed by atoms with Crippen LogP contribution in [0.1, 0.15) is 12.6 Å². The third-order valence-electron chi connectivity index (χ3n) is 3.94. The molecule has 0 aliphatic carbocycles. The minimum atomic E-state index is 0.104. The molecular weight excluding hydrogens is 382 g/mol. The van der Waals surface area contributed by atoms with Crippen LogP contribution in [-0.2, 0) is 6.42 Å². The average Bonchev–Trinajstić information content (AvgIpc) is 3.04. The van der Waals surface area contributed by atoms with Gasteiger partial charge in [0.1, 0.15) is 22.5 Å². The fraction of sp³-hybridized carbons (Fsp3) is 0.158. The molecular formula is C19H16ClN5O3. The number of aromatic amines is 1. The Balaban J connectivity index is 1.80. The Bertz CT molecular complexity index is 1120. The Kier molecular flexibility index (Phi) is 4.94. The molecule has 4 aromatic rings. The number of rotatable bonds is 6. The van der Waals surface area contributed by atoms with Gasteiger partial charge in [-0.2, -0.15) is 9.97 Å². The van der Waals surface area contributed by atoms with Crippen molar-refractivity contribution in [3.05, 3.63) is 53.7 Å². The minimum Gasteiger partial charge on any atom is -0.495 e. The Hall–Kier alpha value is -3.39. The van der Waals surface area contributed by atoms with E-state index in [-0.39, 0.29) is 11.9 Å². The Morgan fingerprint density at radius 1 is 1.04 bits per heavy atom. The van der Waals surface area contributed by atoms with Gasteiger partial charge < -0.3 is 19.2 Å². The second kappa shape index (κ2) is 7.69. The standard InChI is InChI=1S/C19H16ClN5O3/c1-3-14-16(20)15-17(23-14)24-19(28-11-5-4-6-21-8-11)25-18(15)27-13-7-12(26-2)9-22-10-13/h4-10H,3H2,1-2H3,(H,23,24,25). The molecule has 0 spiro atoms. The number of nitrogens with zero attached hydrogens (tertiary/aromatic N) is 4. The molecule has 9 heteroatoms. The highest BCUT2D eigenvalue weighted by atomic mass is 35.5. The molecule has 8 nitrogen and oxygen atoms in total.